The molecule has 0 aromatic rings. The summed E-state index contributed by atoms with van der Waals surface area (Å²) in [4.78, 5) is 0. The molecule has 1 unspecified atom stereocenters. The summed E-state index contributed by atoms with van der Waals surface area (Å²) in [6.07, 6.45) is 0.324. The average molecular weight is 188 g/mol. The number of aliphatic hydroxyl groups is 1. The molecule has 0 radical (unpaired) electrons. The predicted molar refractivity (Wildman–Crippen MR) is 50.6 cm³/mol. The summed E-state index contributed by atoms with van der Waals surface area (Å²) in [5, 5.41) is 9.69. The van der Waals surface area contributed by atoms with E-state index in [1.165, 1.54) is 0 Å². The molecule has 3 heteroatoms. The maximum atomic E-state index is 9.69. The van der Waals surface area contributed by atoms with Crippen LogP contribution in [0.5, 0.6) is 0 Å². The monoisotopic (exact) mass is 188 g/mol. The summed E-state index contributed by atoms with van der Waals surface area (Å²) >= 11 is 0. The highest BCUT2D eigenvalue weighted by molar-refractivity contribution is 4.85. The SMILES string of the molecule is CO[C@H]1C[C@H](C(C)C)OC(C)[C@@H]1O. The summed E-state index contributed by atoms with van der Waals surface area (Å²) in [6.45, 7) is 6.15. The first-order valence-electron chi connectivity index (χ1n) is 4.92. The van der Waals surface area contributed by atoms with E-state index in [1.54, 1.807) is 7.11 Å². The Kier molecular flexibility index (Phi) is 3.71. The largest absolute Gasteiger partial charge is 0.388 e. The highest BCUT2D eigenvalue weighted by Crippen LogP contribution is 2.26. The van der Waals surface area contributed by atoms with E-state index in [0.717, 1.165) is 6.42 Å². The minimum Gasteiger partial charge on any atom is -0.388 e. The Bertz CT molecular complexity index is 158. The molecule has 0 aromatic heterocycles. The third kappa shape index (κ3) is 2.42. The lowest BCUT2D eigenvalue weighted by Crippen LogP contribution is -2.49. The summed E-state index contributed by atoms with van der Waals surface area (Å²) in [5.41, 5.74) is 0. The average Bonchev–Trinajstić information content (AvgIpc) is 2.09. The number of hydrogen-bond acceptors (Lipinski definition) is 3. The molecule has 4 atom stereocenters. The van der Waals surface area contributed by atoms with Crippen LogP contribution in [-0.2, 0) is 9.47 Å². The van der Waals surface area contributed by atoms with Crippen LogP contribution in [0.4, 0.5) is 0 Å². The number of methoxy groups -OCH3 is 1. The molecule has 0 aromatic carbocycles. The van der Waals surface area contributed by atoms with Crippen molar-refractivity contribution in [3.8, 4) is 0 Å². The van der Waals surface area contributed by atoms with Gasteiger partial charge in [-0.25, -0.2) is 0 Å². The molecular formula is C10H20O3. The first-order chi connectivity index (χ1) is 6.06. The van der Waals surface area contributed by atoms with Crippen molar-refractivity contribution in [1.29, 1.82) is 0 Å². The van der Waals surface area contributed by atoms with E-state index < -0.39 is 6.10 Å². The predicted octanol–water partition coefficient (Wildman–Crippen LogP) is 1.20. The van der Waals surface area contributed by atoms with Crippen LogP contribution in [0.2, 0.25) is 0 Å². The first-order valence-corrected chi connectivity index (χ1v) is 4.92. The van der Waals surface area contributed by atoms with Crippen molar-refractivity contribution in [3.63, 3.8) is 0 Å². The molecule has 3 nitrogen and oxygen atoms in total. The van der Waals surface area contributed by atoms with Crippen molar-refractivity contribution in [3.05, 3.63) is 0 Å². The number of ether oxygens (including phenoxy) is 2. The Labute approximate surface area is 80.0 Å². The van der Waals surface area contributed by atoms with Gasteiger partial charge in [-0.15, -0.1) is 0 Å². The zero-order valence-electron chi connectivity index (χ0n) is 8.86. The smallest absolute Gasteiger partial charge is 0.106 e. The van der Waals surface area contributed by atoms with Crippen LogP contribution in [0.1, 0.15) is 27.2 Å². The van der Waals surface area contributed by atoms with Gasteiger partial charge in [-0.3, -0.25) is 0 Å². The van der Waals surface area contributed by atoms with Crippen LogP contribution in [0.15, 0.2) is 0 Å². The van der Waals surface area contributed by atoms with Crippen molar-refractivity contribution < 1.29 is 14.6 Å². The quantitative estimate of drug-likeness (QED) is 0.707. The van der Waals surface area contributed by atoms with Gasteiger partial charge in [0, 0.05) is 13.5 Å². The molecule has 0 aliphatic carbocycles. The van der Waals surface area contributed by atoms with E-state index in [1.807, 2.05) is 6.92 Å². The molecule has 1 heterocycles. The van der Waals surface area contributed by atoms with Crippen LogP contribution in [0.25, 0.3) is 0 Å². The van der Waals surface area contributed by atoms with Gasteiger partial charge < -0.3 is 14.6 Å². The molecule has 0 bridgehead atoms. The molecule has 1 rings (SSSR count). The Morgan fingerprint density at radius 1 is 1.46 bits per heavy atom. The fourth-order valence-electron chi connectivity index (χ4n) is 1.75. The van der Waals surface area contributed by atoms with Crippen LogP contribution in [0, 0.1) is 5.92 Å². The van der Waals surface area contributed by atoms with Crippen LogP contribution in [0.3, 0.4) is 0 Å². The molecule has 78 valence electrons. The van der Waals surface area contributed by atoms with Crippen molar-refractivity contribution in [2.24, 2.45) is 5.92 Å². The van der Waals surface area contributed by atoms with E-state index >= 15 is 0 Å². The van der Waals surface area contributed by atoms with Gasteiger partial charge in [0.15, 0.2) is 0 Å². The lowest BCUT2D eigenvalue weighted by atomic mass is 9.92. The summed E-state index contributed by atoms with van der Waals surface area (Å²) in [6, 6.07) is 0. The second-order valence-corrected chi connectivity index (χ2v) is 4.12. The Morgan fingerprint density at radius 3 is 2.54 bits per heavy atom. The number of aliphatic hydroxyl groups excluding tert-OH is 1. The van der Waals surface area contributed by atoms with Gasteiger partial charge in [0.1, 0.15) is 6.10 Å². The van der Waals surface area contributed by atoms with Gasteiger partial charge in [-0.1, -0.05) is 13.8 Å². The van der Waals surface area contributed by atoms with Gasteiger partial charge in [0.25, 0.3) is 0 Å². The molecule has 0 spiro atoms. The van der Waals surface area contributed by atoms with Gasteiger partial charge >= 0.3 is 0 Å². The van der Waals surface area contributed by atoms with Gasteiger partial charge in [0.2, 0.25) is 0 Å². The van der Waals surface area contributed by atoms with Gasteiger partial charge in [-0.05, 0) is 12.8 Å². The second kappa shape index (κ2) is 4.40. The van der Waals surface area contributed by atoms with Crippen molar-refractivity contribution in [2.75, 3.05) is 7.11 Å². The molecule has 0 saturated carbocycles. The second-order valence-electron chi connectivity index (χ2n) is 4.12. The highest BCUT2D eigenvalue weighted by atomic mass is 16.5. The summed E-state index contributed by atoms with van der Waals surface area (Å²) in [5.74, 6) is 0.479. The first kappa shape index (κ1) is 11.0. The van der Waals surface area contributed by atoms with E-state index in [-0.39, 0.29) is 18.3 Å². The van der Waals surface area contributed by atoms with Crippen molar-refractivity contribution in [2.45, 2.75) is 51.6 Å². The number of rotatable bonds is 2. The van der Waals surface area contributed by atoms with Gasteiger partial charge in [-0.2, -0.15) is 0 Å². The Balaban J connectivity index is 2.58. The molecule has 1 saturated heterocycles. The third-order valence-corrected chi connectivity index (χ3v) is 2.76. The highest BCUT2D eigenvalue weighted by Gasteiger charge is 2.36. The maximum absolute atomic E-state index is 9.69. The van der Waals surface area contributed by atoms with E-state index in [0.29, 0.717) is 5.92 Å². The minimum absolute atomic E-state index is 0.0730. The minimum atomic E-state index is -0.486. The van der Waals surface area contributed by atoms with E-state index in [2.05, 4.69) is 13.8 Å². The topological polar surface area (TPSA) is 38.7 Å². The van der Waals surface area contributed by atoms with Crippen molar-refractivity contribution in [1.82, 2.24) is 0 Å². The summed E-state index contributed by atoms with van der Waals surface area (Å²) < 4.78 is 10.9. The molecule has 1 fully saturated rings. The Hall–Kier alpha value is -0.120. The van der Waals surface area contributed by atoms with E-state index in [4.69, 9.17) is 9.47 Å². The van der Waals surface area contributed by atoms with Crippen LogP contribution >= 0.6 is 0 Å². The fraction of sp³-hybridized carbons (Fsp3) is 1.00. The van der Waals surface area contributed by atoms with Crippen molar-refractivity contribution >= 4 is 0 Å². The van der Waals surface area contributed by atoms with Crippen LogP contribution < -0.4 is 0 Å². The number of hydrogen-bond donors (Lipinski definition) is 1. The fourth-order valence-corrected chi connectivity index (χ4v) is 1.75. The molecule has 1 aliphatic rings. The lowest BCUT2D eigenvalue weighted by molar-refractivity contribution is -0.179. The zero-order valence-corrected chi connectivity index (χ0v) is 8.86. The molecule has 1 aliphatic heterocycles. The summed E-state index contributed by atoms with van der Waals surface area (Å²) in [7, 11) is 1.64. The Morgan fingerprint density at radius 2 is 2.08 bits per heavy atom. The molecular weight excluding hydrogens is 168 g/mol. The van der Waals surface area contributed by atoms with Gasteiger partial charge in [0.05, 0.1) is 18.3 Å². The maximum Gasteiger partial charge on any atom is 0.106 e. The van der Waals surface area contributed by atoms with E-state index in [9.17, 15) is 5.11 Å². The zero-order chi connectivity index (χ0) is 10.0. The molecule has 0 amide bonds. The molecule has 1 N–H and O–H groups in total. The van der Waals surface area contributed by atoms with Crippen LogP contribution in [-0.4, -0.2) is 36.6 Å². The molecule has 13 heavy (non-hydrogen) atoms. The standard InChI is InChI=1S/C10H20O3/c1-6(2)8-5-9(12-4)10(11)7(3)13-8/h6-11H,5H2,1-4H3/t7?,8-,9+,10+/m1/s1. The normalized spacial score (nSPS) is 41.1. The third-order valence-electron chi connectivity index (χ3n) is 2.76. The lowest BCUT2D eigenvalue weighted by Gasteiger charge is -2.38.